The summed E-state index contributed by atoms with van der Waals surface area (Å²) in [6.07, 6.45) is 7.16. The Labute approximate surface area is 196 Å². The number of benzene rings is 2. The second-order valence-electron chi connectivity index (χ2n) is 9.66. The van der Waals surface area contributed by atoms with Crippen LogP contribution in [0.15, 0.2) is 48.5 Å². The van der Waals surface area contributed by atoms with Crippen molar-refractivity contribution in [3.05, 3.63) is 65.2 Å². The van der Waals surface area contributed by atoms with E-state index in [0.29, 0.717) is 30.6 Å². The van der Waals surface area contributed by atoms with Gasteiger partial charge in [-0.15, -0.1) is 0 Å². The maximum absolute atomic E-state index is 12.6. The first-order valence-corrected chi connectivity index (χ1v) is 12.4. The molecule has 2 fully saturated rings. The monoisotopic (exact) mass is 446 g/mol. The van der Waals surface area contributed by atoms with Crippen LogP contribution in [-0.4, -0.2) is 49.6 Å². The molecule has 174 valence electrons. The summed E-state index contributed by atoms with van der Waals surface area (Å²) < 4.78 is 0. The third-order valence-corrected chi connectivity index (χ3v) is 7.35. The Balaban J connectivity index is 1.10. The van der Waals surface area contributed by atoms with Crippen LogP contribution in [0.2, 0.25) is 0 Å². The minimum absolute atomic E-state index is 0.0737. The van der Waals surface area contributed by atoms with Gasteiger partial charge >= 0.3 is 0 Å². The van der Waals surface area contributed by atoms with E-state index in [1.54, 1.807) is 0 Å². The first kappa shape index (κ1) is 22.0. The Bertz CT molecular complexity index is 957. The van der Waals surface area contributed by atoms with Crippen molar-refractivity contribution in [2.75, 3.05) is 24.5 Å². The number of rotatable bonds is 5. The molecule has 5 rings (SSSR count). The lowest BCUT2D eigenvalue weighted by Gasteiger charge is -2.35. The van der Waals surface area contributed by atoms with Crippen LogP contribution >= 0.6 is 0 Å². The van der Waals surface area contributed by atoms with Crippen LogP contribution in [0.4, 0.5) is 5.69 Å². The maximum atomic E-state index is 12.6. The Kier molecular flexibility index (Phi) is 6.63. The number of nitrogens with one attached hydrogen (secondary N) is 3. The zero-order chi connectivity index (χ0) is 22.6. The van der Waals surface area contributed by atoms with Crippen LogP contribution in [0.25, 0.3) is 0 Å². The molecule has 0 aromatic heterocycles. The van der Waals surface area contributed by atoms with E-state index >= 15 is 0 Å². The van der Waals surface area contributed by atoms with Crippen LogP contribution in [0.3, 0.4) is 0 Å². The summed E-state index contributed by atoms with van der Waals surface area (Å²) in [5.41, 5.74) is 4.76. The van der Waals surface area contributed by atoms with Crippen molar-refractivity contribution in [3.8, 4) is 0 Å². The molecule has 0 unspecified atom stereocenters. The van der Waals surface area contributed by atoms with Crippen LogP contribution in [-0.2, 0) is 17.6 Å². The highest BCUT2D eigenvalue weighted by molar-refractivity contribution is 5.97. The molecular formula is C27H34N4O2. The molecule has 2 aliphatic heterocycles. The fourth-order valence-corrected chi connectivity index (χ4v) is 5.46. The van der Waals surface area contributed by atoms with E-state index in [9.17, 15) is 9.59 Å². The standard InChI is InChI=1S/C27H34N4O2/c32-26(30-25-7-3-4-14-28-27(25)33)19-8-10-24(11-9-19)31-15-12-22(13-16-31)29-23-17-20-5-1-2-6-21(20)18-23/h1-2,5-6,8-11,22-23,25,29H,3-4,7,12-18H2,(H,28,33)(H,30,32)/t25-/m0/s1. The molecule has 0 spiro atoms. The SMILES string of the molecule is O=C(N[C@H]1CCCCNC1=O)c1ccc(N2CCC(NC3Cc4ccccc4C3)CC2)cc1. The third-order valence-electron chi connectivity index (χ3n) is 7.35. The van der Waals surface area contributed by atoms with E-state index < -0.39 is 6.04 Å². The van der Waals surface area contributed by atoms with Gasteiger partial charge in [0.25, 0.3) is 5.91 Å². The number of hydrogen-bond acceptors (Lipinski definition) is 4. The molecule has 1 aliphatic carbocycles. The topological polar surface area (TPSA) is 73.5 Å². The summed E-state index contributed by atoms with van der Waals surface area (Å²) >= 11 is 0. The predicted octanol–water partition coefficient (Wildman–Crippen LogP) is 2.81. The molecule has 1 atom stereocenters. The Hall–Kier alpha value is -2.86. The highest BCUT2D eigenvalue weighted by Crippen LogP contribution is 2.25. The van der Waals surface area contributed by atoms with Gasteiger partial charge in [0.2, 0.25) is 5.91 Å². The molecule has 0 bridgehead atoms. The van der Waals surface area contributed by atoms with Gasteiger partial charge in [0.15, 0.2) is 0 Å². The number of anilines is 1. The number of amides is 2. The highest BCUT2D eigenvalue weighted by Gasteiger charge is 2.26. The van der Waals surface area contributed by atoms with Crippen molar-refractivity contribution in [3.63, 3.8) is 0 Å². The van der Waals surface area contributed by atoms with Gasteiger partial charge in [0.1, 0.15) is 6.04 Å². The molecule has 2 aromatic rings. The van der Waals surface area contributed by atoms with Gasteiger partial charge in [0, 0.05) is 43.0 Å². The van der Waals surface area contributed by atoms with Gasteiger partial charge < -0.3 is 20.9 Å². The van der Waals surface area contributed by atoms with E-state index in [1.165, 1.54) is 11.1 Å². The number of carbonyl (C=O) groups is 2. The van der Waals surface area contributed by atoms with E-state index in [-0.39, 0.29) is 11.8 Å². The van der Waals surface area contributed by atoms with E-state index in [4.69, 9.17) is 0 Å². The van der Waals surface area contributed by atoms with Crippen molar-refractivity contribution in [2.24, 2.45) is 0 Å². The van der Waals surface area contributed by atoms with Gasteiger partial charge in [-0.3, -0.25) is 9.59 Å². The summed E-state index contributed by atoms with van der Waals surface area (Å²) in [5, 5.41) is 9.66. The van der Waals surface area contributed by atoms with Crippen LogP contribution < -0.4 is 20.9 Å². The molecule has 2 heterocycles. The molecule has 2 saturated heterocycles. The summed E-state index contributed by atoms with van der Waals surface area (Å²) in [6, 6.07) is 17.3. The fraction of sp³-hybridized carbons (Fsp3) is 0.481. The Morgan fingerprint density at radius 2 is 1.58 bits per heavy atom. The van der Waals surface area contributed by atoms with Crippen LogP contribution in [0.5, 0.6) is 0 Å². The van der Waals surface area contributed by atoms with E-state index in [0.717, 1.165) is 57.3 Å². The van der Waals surface area contributed by atoms with Crippen LogP contribution in [0.1, 0.15) is 53.6 Å². The highest BCUT2D eigenvalue weighted by atomic mass is 16.2. The molecule has 0 saturated carbocycles. The molecule has 2 amide bonds. The largest absolute Gasteiger partial charge is 0.371 e. The number of carbonyl (C=O) groups excluding carboxylic acids is 2. The maximum Gasteiger partial charge on any atom is 0.251 e. The number of fused-ring (bicyclic) bond motifs is 1. The summed E-state index contributed by atoms with van der Waals surface area (Å²) in [4.78, 5) is 27.1. The average Bonchev–Trinajstić information content (AvgIpc) is 3.15. The second kappa shape index (κ2) is 9.96. The minimum atomic E-state index is -0.432. The molecule has 0 radical (unpaired) electrons. The smallest absolute Gasteiger partial charge is 0.251 e. The van der Waals surface area contributed by atoms with Crippen molar-refractivity contribution in [2.45, 2.75) is 63.1 Å². The normalized spacial score (nSPS) is 21.9. The molecular weight excluding hydrogens is 412 g/mol. The van der Waals surface area contributed by atoms with Gasteiger partial charge in [0.05, 0.1) is 0 Å². The summed E-state index contributed by atoms with van der Waals surface area (Å²) in [5.74, 6) is -0.250. The summed E-state index contributed by atoms with van der Waals surface area (Å²) in [6.45, 7) is 2.73. The van der Waals surface area contributed by atoms with E-state index in [1.807, 2.05) is 24.3 Å². The molecule has 2 aromatic carbocycles. The van der Waals surface area contributed by atoms with Crippen LogP contribution in [0, 0.1) is 0 Å². The quantitative estimate of drug-likeness (QED) is 0.660. The third kappa shape index (κ3) is 5.22. The lowest BCUT2D eigenvalue weighted by molar-refractivity contribution is -0.122. The van der Waals surface area contributed by atoms with Gasteiger partial charge in [-0.25, -0.2) is 0 Å². The molecule has 3 aliphatic rings. The molecule has 6 heteroatoms. The first-order valence-electron chi connectivity index (χ1n) is 12.4. The van der Waals surface area contributed by atoms with Crippen molar-refractivity contribution in [1.82, 2.24) is 16.0 Å². The lowest BCUT2D eigenvalue weighted by atomic mass is 10.0. The van der Waals surface area contributed by atoms with Crippen molar-refractivity contribution < 1.29 is 9.59 Å². The summed E-state index contributed by atoms with van der Waals surface area (Å²) in [7, 11) is 0. The number of hydrogen-bond donors (Lipinski definition) is 3. The second-order valence-corrected chi connectivity index (χ2v) is 9.66. The first-order chi connectivity index (χ1) is 16.2. The average molecular weight is 447 g/mol. The predicted molar refractivity (Wildman–Crippen MR) is 131 cm³/mol. The number of piperidine rings is 1. The fourth-order valence-electron chi connectivity index (χ4n) is 5.46. The minimum Gasteiger partial charge on any atom is -0.371 e. The lowest BCUT2D eigenvalue weighted by Crippen LogP contribution is -2.46. The molecule has 33 heavy (non-hydrogen) atoms. The van der Waals surface area contributed by atoms with Gasteiger partial charge in [-0.1, -0.05) is 24.3 Å². The van der Waals surface area contributed by atoms with Crippen molar-refractivity contribution in [1.29, 1.82) is 0 Å². The van der Waals surface area contributed by atoms with Gasteiger partial charge in [-0.05, 0) is 80.3 Å². The van der Waals surface area contributed by atoms with E-state index in [2.05, 4.69) is 45.1 Å². The zero-order valence-electron chi connectivity index (χ0n) is 19.2. The van der Waals surface area contributed by atoms with Crippen molar-refractivity contribution >= 4 is 17.5 Å². The number of nitrogens with zero attached hydrogens (tertiary/aromatic N) is 1. The molecule has 6 nitrogen and oxygen atoms in total. The Morgan fingerprint density at radius 3 is 2.27 bits per heavy atom. The Morgan fingerprint density at radius 1 is 0.879 bits per heavy atom. The molecule has 3 N–H and O–H groups in total. The van der Waals surface area contributed by atoms with Gasteiger partial charge in [-0.2, -0.15) is 0 Å². The zero-order valence-corrected chi connectivity index (χ0v) is 19.2.